The van der Waals surface area contributed by atoms with Crippen molar-refractivity contribution >= 4 is 5.91 Å². The van der Waals surface area contributed by atoms with Gasteiger partial charge in [0.2, 0.25) is 5.91 Å². The van der Waals surface area contributed by atoms with Gasteiger partial charge in [-0.3, -0.25) is 9.80 Å². The number of carbonyl (C=O) groups excluding carboxylic acids is 1. The van der Waals surface area contributed by atoms with Crippen molar-refractivity contribution in [1.82, 2.24) is 10.0 Å². The third-order valence-corrected chi connectivity index (χ3v) is 2.42. The van der Waals surface area contributed by atoms with Crippen molar-refractivity contribution in [3.05, 3.63) is 0 Å². The lowest BCUT2D eigenvalue weighted by Crippen LogP contribution is -2.43. The van der Waals surface area contributed by atoms with Crippen molar-refractivity contribution in [3.63, 3.8) is 0 Å². The first-order valence-electron chi connectivity index (χ1n) is 5.05. The van der Waals surface area contributed by atoms with Crippen LogP contribution < -0.4 is 0 Å². The van der Waals surface area contributed by atoms with Crippen LogP contribution in [0.5, 0.6) is 0 Å². The van der Waals surface area contributed by atoms with Crippen LogP contribution in [0.4, 0.5) is 0 Å². The van der Waals surface area contributed by atoms with E-state index in [2.05, 4.69) is 5.92 Å². The molecule has 0 aromatic rings. The summed E-state index contributed by atoms with van der Waals surface area (Å²) in [7, 11) is 1.91. The van der Waals surface area contributed by atoms with E-state index in [1.807, 2.05) is 25.9 Å². The van der Waals surface area contributed by atoms with Crippen LogP contribution in [-0.4, -0.2) is 35.6 Å². The van der Waals surface area contributed by atoms with Gasteiger partial charge in [-0.15, -0.1) is 6.42 Å². The Balaban J connectivity index is 2.65. The number of hydrazine groups is 1. The highest BCUT2D eigenvalue weighted by atomic mass is 16.2. The predicted molar refractivity (Wildman–Crippen MR) is 56.2 cm³/mol. The van der Waals surface area contributed by atoms with E-state index in [1.165, 1.54) is 0 Å². The Morgan fingerprint density at radius 3 is 2.79 bits per heavy atom. The van der Waals surface area contributed by atoms with E-state index in [4.69, 9.17) is 6.42 Å². The van der Waals surface area contributed by atoms with Crippen molar-refractivity contribution in [3.8, 4) is 12.3 Å². The Labute approximate surface area is 86.0 Å². The molecule has 1 aliphatic rings. The Morgan fingerprint density at radius 2 is 2.29 bits per heavy atom. The van der Waals surface area contributed by atoms with Gasteiger partial charge in [0, 0.05) is 20.0 Å². The summed E-state index contributed by atoms with van der Waals surface area (Å²) in [6.07, 6.45) is 6.84. The third kappa shape index (κ3) is 2.27. The van der Waals surface area contributed by atoms with Crippen LogP contribution in [0.15, 0.2) is 0 Å². The summed E-state index contributed by atoms with van der Waals surface area (Å²) in [5, 5.41) is 3.65. The second kappa shape index (κ2) is 4.47. The molecular weight excluding hydrogens is 176 g/mol. The van der Waals surface area contributed by atoms with Crippen LogP contribution in [-0.2, 0) is 4.79 Å². The maximum Gasteiger partial charge on any atom is 0.238 e. The molecule has 0 aliphatic carbocycles. The summed E-state index contributed by atoms with van der Waals surface area (Å²) >= 11 is 0. The average molecular weight is 194 g/mol. The number of terminal acetylenes is 1. The zero-order valence-electron chi connectivity index (χ0n) is 9.16. The molecule has 0 aromatic carbocycles. The lowest BCUT2D eigenvalue weighted by molar-refractivity contribution is -0.144. The molecule has 1 atom stereocenters. The number of rotatable bonds is 2. The van der Waals surface area contributed by atoms with Crippen LogP contribution in [0.2, 0.25) is 0 Å². The van der Waals surface area contributed by atoms with Gasteiger partial charge in [-0.1, -0.05) is 19.8 Å². The molecule has 0 spiro atoms. The summed E-state index contributed by atoms with van der Waals surface area (Å²) < 4.78 is 0. The average Bonchev–Trinajstić information content (AvgIpc) is 2.45. The fraction of sp³-hybridized carbons (Fsp3) is 0.727. The van der Waals surface area contributed by atoms with E-state index in [0.717, 1.165) is 13.0 Å². The van der Waals surface area contributed by atoms with Gasteiger partial charge in [0.05, 0.1) is 0 Å². The van der Waals surface area contributed by atoms with Gasteiger partial charge in [-0.25, -0.2) is 5.01 Å². The highest BCUT2D eigenvalue weighted by Gasteiger charge is 2.31. The van der Waals surface area contributed by atoms with Gasteiger partial charge in [-0.2, -0.15) is 0 Å². The summed E-state index contributed by atoms with van der Waals surface area (Å²) in [6.45, 7) is 4.95. The fourth-order valence-corrected chi connectivity index (χ4v) is 1.74. The topological polar surface area (TPSA) is 23.6 Å². The number of nitrogens with zero attached hydrogens (tertiary/aromatic N) is 2. The van der Waals surface area contributed by atoms with E-state index in [-0.39, 0.29) is 11.9 Å². The molecular formula is C11H18N2O. The smallest absolute Gasteiger partial charge is 0.238 e. The van der Waals surface area contributed by atoms with Crippen LogP contribution in [0.25, 0.3) is 0 Å². The summed E-state index contributed by atoms with van der Waals surface area (Å²) in [6, 6.07) is -0.0359. The largest absolute Gasteiger partial charge is 0.273 e. The lowest BCUT2D eigenvalue weighted by Gasteiger charge is -2.27. The Hall–Kier alpha value is -1.01. The lowest BCUT2D eigenvalue weighted by atomic mass is 10.1. The minimum Gasteiger partial charge on any atom is -0.273 e. The SMILES string of the molecule is C#CC1CCN(C)N1C(=O)CC(C)C. The molecule has 1 aliphatic heterocycles. The monoisotopic (exact) mass is 194 g/mol. The molecule has 0 radical (unpaired) electrons. The number of hydrogen-bond donors (Lipinski definition) is 0. The molecule has 1 fully saturated rings. The number of amides is 1. The first-order chi connectivity index (χ1) is 6.56. The van der Waals surface area contributed by atoms with Crippen LogP contribution in [0.3, 0.4) is 0 Å². The molecule has 0 aromatic heterocycles. The summed E-state index contributed by atoms with van der Waals surface area (Å²) in [5.74, 6) is 3.19. The Kier molecular flexibility index (Phi) is 3.54. The molecule has 0 saturated carbocycles. The molecule has 14 heavy (non-hydrogen) atoms. The minimum atomic E-state index is -0.0359. The van der Waals surface area contributed by atoms with Crippen LogP contribution >= 0.6 is 0 Å². The van der Waals surface area contributed by atoms with Crippen molar-refractivity contribution in [1.29, 1.82) is 0 Å². The molecule has 0 N–H and O–H groups in total. The second-order valence-corrected chi connectivity index (χ2v) is 4.19. The van der Waals surface area contributed by atoms with E-state index in [1.54, 1.807) is 5.01 Å². The van der Waals surface area contributed by atoms with E-state index < -0.39 is 0 Å². The highest BCUT2D eigenvalue weighted by molar-refractivity contribution is 5.76. The fourth-order valence-electron chi connectivity index (χ4n) is 1.74. The van der Waals surface area contributed by atoms with Gasteiger partial charge in [-0.05, 0) is 12.3 Å². The molecule has 1 saturated heterocycles. The standard InChI is InChI=1S/C11H18N2O/c1-5-10-6-7-12(4)13(10)11(14)8-9(2)3/h1,9-10H,6-8H2,2-4H3. The van der Waals surface area contributed by atoms with Gasteiger partial charge in [0.15, 0.2) is 0 Å². The minimum absolute atomic E-state index is 0.0359. The first kappa shape index (κ1) is 11.1. The van der Waals surface area contributed by atoms with Crippen LogP contribution in [0.1, 0.15) is 26.7 Å². The number of hydrogen-bond acceptors (Lipinski definition) is 2. The maximum atomic E-state index is 11.8. The zero-order chi connectivity index (χ0) is 10.7. The van der Waals surface area contributed by atoms with Gasteiger partial charge >= 0.3 is 0 Å². The van der Waals surface area contributed by atoms with Crippen molar-refractivity contribution in [2.75, 3.05) is 13.6 Å². The molecule has 3 nitrogen and oxygen atoms in total. The van der Waals surface area contributed by atoms with Crippen molar-refractivity contribution in [2.45, 2.75) is 32.7 Å². The van der Waals surface area contributed by atoms with Gasteiger partial charge in [0.1, 0.15) is 6.04 Å². The van der Waals surface area contributed by atoms with E-state index in [0.29, 0.717) is 12.3 Å². The molecule has 1 amide bonds. The molecule has 1 rings (SSSR count). The first-order valence-corrected chi connectivity index (χ1v) is 5.05. The highest BCUT2D eigenvalue weighted by Crippen LogP contribution is 2.18. The molecule has 0 bridgehead atoms. The number of carbonyl (C=O) groups is 1. The second-order valence-electron chi connectivity index (χ2n) is 4.19. The van der Waals surface area contributed by atoms with Crippen molar-refractivity contribution < 1.29 is 4.79 Å². The van der Waals surface area contributed by atoms with E-state index >= 15 is 0 Å². The molecule has 3 heteroatoms. The molecule has 1 heterocycles. The zero-order valence-corrected chi connectivity index (χ0v) is 9.16. The summed E-state index contributed by atoms with van der Waals surface area (Å²) in [5.41, 5.74) is 0. The Morgan fingerprint density at radius 1 is 1.64 bits per heavy atom. The van der Waals surface area contributed by atoms with Gasteiger partial charge in [0.25, 0.3) is 0 Å². The maximum absolute atomic E-state index is 11.8. The normalized spacial score (nSPS) is 22.8. The quantitative estimate of drug-likeness (QED) is 0.615. The predicted octanol–water partition coefficient (Wildman–Crippen LogP) is 1.11. The summed E-state index contributed by atoms with van der Waals surface area (Å²) in [4.78, 5) is 11.8. The van der Waals surface area contributed by atoms with Crippen molar-refractivity contribution in [2.24, 2.45) is 5.92 Å². The van der Waals surface area contributed by atoms with Gasteiger partial charge < -0.3 is 0 Å². The Bertz CT molecular complexity index is 255. The molecule has 78 valence electrons. The molecule has 1 unspecified atom stereocenters. The van der Waals surface area contributed by atoms with E-state index in [9.17, 15) is 4.79 Å². The van der Waals surface area contributed by atoms with Crippen LogP contribution in [0, 0.1) is 18.3 Å². The third-order valence-electron chi connectivity index (χ3n) is 2.42.